The molecule has 0 aliphatic carbocycles. The number of methoxy groups -OCH3 is 1. The molecule has 3 aliphatic heterocycles. The van der Waals surface area contributed by atoms with E-state index in [1.807, 2.05) is 35.4 Å². The Morgan fingerprint density at radius 3 is 2.69 bits per heavy atom. The number of nitrogens with one attached hydrogen (secondary N) is 1. The van der Waals surface area contributed by atoms with E-state index in [-0.39, 0.29) is 42.4 Å². The molecular formula is C30H31BrN4O4. The summed E-state index contributed by atoms with van der Waals surface area (Å²) >= 11 is 3.85. The fourth-order valence-corrected chi connectivity index (χ4v) is 7.43. The van der Waals surface area contributed by atoms with E-state index in [4.69, 9.17) is 4.74 Å². The largest absolute Gasteiger partial charge is 0.496 e. The minimum atomic E-state index is -0.260. The number of aryl methyl sites for hydroxylation is 1. The molecule has 0 radical (unpaired) electrons. The van der Waals surface area contributed by atoms with E-state index in [0.717, 1.165) is 49.1 Å². The summed E-state index contributed by atoms with van der Waals surface area (Å²) < 4.78 is 8.63. The fraction of sp³-hybridized carbons (Fsp3) is 0.367. The Bertz CT molecular complexity index is 1590. The van der Waals surface area contributed by atoms with Gasteiger partial charge in [-0.3, -0.25) is 14.4 Å². The molecule has 0 spiro atoms. The second-order valence-electron chi connectivity index (χ2n) is 10.8. The number of halogens is 1. The van der Waals surface area contributed by atoms with Crippen molar-refractivity contribution in [2.24, 2.45) is 0 Å². The van der Waals surface area contributed by atoms with Crippen molar-refractivity contribution < 1.29 is 19.1 Å². The van der Waals surface area contributed by atoms with Gasteiger partial charge in [0.15, 0.2) is 0 Å². The van der Waals surface area contributed by atoms with Crippen molar-refractivity contribution in [3.8, 4) is 5.75 Å². The van der Waals surface area contributed by atoms with Gasteiger partial charge in [0.2, 0.25) is 11.8 Å². The van der Waals surface area contributed by atoms with Crippen LogP contribution in [0, 0.1) is 13.8 Å². The Morgan fingerprint density at radius 1 is 1.26 bits per heavy atom. The van der Waals surface area contributed by atoms with E-state index in [9.17, 15) is 14.4 Å². The maximum atomic E-state index is 14.2. The molecule has 9 heteroatoms. The van der Waals surface area contributed by atoms with Crippen LogP contribution < -0.4 is 10.1 Å². The molecule has 202 valence electrons. The maximum absolute atomic E-state index is 14.2. The Kier molecular flexibility index (Phi) is 6.10. The zero-order valence-electron chi connectivity index (χ0n) is 22.5. The number of rotatable bonds is 5. The van der Waals surface area contributed by atoms with Gasteiger partial charge in [-0.15, -0.1) is 0 Å². The van der Waals surface area contributed by atoms with Crippen LogP contribution in [0.2, 0.25) is 0 Å². The van der Waals surface area contributed by atoms with Crippen LogP contribution in [0.5, 0.6) is 5.75 Å². The summed E-state index contributed by atoms with van der Waals surface area (Å²) in [6, 6.07) is 7.76. The molecule has 2 aromatic carbocycles. The number of hydrogen-bond acceptors (Lipinski definition) is 4. The number of fused-ring (bicyclic) bond motifs is 4. The van der Waals surface area contributed by atoms with Gasteiger partial charge in [0.1, 0.15) is 12.3 Å². The minimum Gasteiger partial charge on any atom is -0.496 e. The first-order valence-corrected chi connectivity index (χ1v) is 14.0. The van der Waals surface area contributed by atoms with Crippen LogP contribution in [0.15, 0.2) is 41.4 Å². The molecule has 2 atom stereocenters. The third-order valence-corrected chi connectivity index (χ3v) is 9.12. The summed E-state index contributed by atoms with van der Waals surface area (Å²) in [4.78, 5) is 42.8. The molecule has 1 fully saturated rings. The number of likely N-dealkylation sites (tertiary alicyclic amines) is 1. The number of aromatic nitrogens is 1. The predicted molar refractivity (Wildman–Crippen MR) is 152 cm³/mol. The number of benzene rings is 2. The summed E-state index contributed by atoms with van der Waals surface area (Å²) in [5.41, 5.74) is 6.60. The van der Waals surface area contributed by atoms with Crippen LogP contribution in [0.25, 0.3) is 10.9 Å². The Labute approximate surface area is 235 Å². The number of amides is 3. The van der Waals surface area contributed by atoms with Gasteiger partial charge in [-0.25, -0.2) is 0 Å². The van der Waals surface area contributed by atoms with Crippen molar-refractivity contribution in [2.45, 2.75) is 51.9 Å². The molecule has 1 saturated heterocycles. The lowest BCUT2D eigenvalue weighted by Gasteiger charge is -2.45. The SMILES string of the molecule is C=CC(=O)N1CC(NC(=O)Cn2c(C)c3c4c(c(Br)cc(C)c42)[C@H]2c4cccc(OC)c4C[C@@H](C)N2C3=O)C1. The van der Waals surface area contributed by atoms with Crippen LogP contribution in [-0.2, 0) is 22.6 Å². The Morgan fingerprint density at radius 2 is 2.00 bits per heavy atom. The Balaban J connectivity index is 1.45. The van der Waals surface area contributed by atoms with Crippen molar-refractivity contribution in [3.05, 3.63) is 74.9 Å². The third-order valence-electron chi connectivity index (χ3n) is 8.46. The fourth-order valence-electron chi connectivity index (χ4n) is 6.67. The zero-order valence-corrected chi connectivity index (χ0v) is 24.1. The quantitative estimate of drug-likeness (QED) is 0.455. The minimum absolute atomic E-state index is 0.00907. The molecule has 1 aromatic heterocycles. The van der Waals surface area contributed by atoms with Crippen molar-refractivity contribution in [1.82, 2.24) is 19.7 Å². The lowest BCUT2D eigenvalue weighted by atomic mass is 9.80. The van der Waals surface area contributed by atoms with Crippen molar-refractivity contribution in [1.29, 1.82) is 0 Å². The van der Waals surface area contributed by atoms with Gasteiger partial charge < -0.3 is 24.4 Å². The topological polar surface area (TPSA) is 83.9 Å². The highest BCUT2D eigenvalue weighted by molar-refractivity contribution is 9.10. The van der Waals surface area contributed by atoms with Gasteiger partial charge in [0.05, 0.1) is 30.3 Å². The van der Waals surface area contributed by atoms with Crippen molar-refractivity contribution >= 4 is 44.6 Å². The van der Waals surface area contributed by atoms with E-state index < -0.39 is 0 Å². The average molecular weight is 592 g/mol. The monoisotopic (exact) mass is 590 g/mol. The normalized spacial score (nSPS) is 19.9. The highest BCUT2D eigenvalue weighted by atomic mass is 79.9. The van der Waals surface area contributed by atoms with Gasteiger partial charge in [0, 0.05) is 45.8 Å². The summed E-state index contributed by atoms with van der Waals surface area (Å²) in [5.74, 6) is 0.554. The first-order valence-electron chi connectivity index (χ1n) is 13.2. The first-order chi connectivity index (χ1) is 18.7. The van der Waals surface area contributed by atoms with Crippen LogP contribution in [-0.4, -0.2) is 64.4 Å². The Hall–Kier alpha value is -3.59. The molecule has 0 unspecified atom stereocenters. The smallest absolute Gasteiger partial charge is 0.257 e. The predicted octanol–water partition coefficient (Wildman–Crippen LogP) is 4.03. The third kappa shape index (κ3) is 3.73. The van der Waals surface area contributed by atoms with E-state index in [2.05, 4.69) is 46.9 Å². The molecule has 3 aliphatic rings. The van der Waals surface area contributed by atoms with Gasteiger partial charge in [-0.1, -0.05) is 34.6 Å². The highest BCUT2D eigenvalue weighted by Crippen LogP contribution is 2.51. The number of hydrogen-bond donors (Lipinski definition) is 1. The molecule has 0 saturated carbocycles. The zero-order chi connectivity index (χ0) is 27.7. The molecular weight excluding hydrogens is 560 g/mol. The molecule has 3 amide bonds. The van der Waals surface area contributed by atoms with Gasteiger partial charge in [-0.05, 0) is 56.5 Å². The first kappa shape index (κ1) is 25.7. The van der Waals surface area contributed by atoms with Crippen molar-refractivity contribution in [3.63, 3.8) is 0 Å². The summed E-state index contributed by atoms with van der Waals surface area (Å²) in [5, 5.41) is 3.95. The molecule has 3 aromatic rings. The summed E-state index contributed by atoms with van der Waals surface area (Å²) in [6.45, 7) is 10.6. The average Bonchev–Trinajstić information content (AvgIpc) is 3.16. The maximum Gasteiger partial charge on any atom is 0.257 e. The van der Waals surface area contributed by atoms with E-state index in [1.54, 1.807) is 12.0 Å². The van der Waals surface area contributed by atoms with Gasteiger partial charge in [-0.2, -0.15) is 0 Å². The second kappa shape index (κ2) is 9.26. The van der Waals surface area contributed by atoms with Crippen LogP contribution in [0.1, 0.15) is 51.3 Å². The van der Waals surface area contributed by atoms with E-state index in [0.29, 0.717) is 25.1 Å². The molecule has 39 heavy (non-hydrogen) atoms. The number of nitrogens with zero attached hydrogens (tertiary/aromatic N) is 3. The van der Waals surface area contributed by atoms with E-state index >= 15 is 0 Å². The standard InChI is InChI=1S/C30H31BrN4O4/c1-6-24(37)33-12-18(13-33)32-23(36)14-34-17(4)25-27-26(21(31)10-15(2)28(27)34)29-19-8-7-9-22(39-5)20(19)11-16(3)35(29)30(25)38/h6-10,16,18,29H,1,11-14H2,2-5H3,(H,32,36)/t16-,29-/m1/s1. The van der Waals surface area contributed by atoms with Crippen LogP contribution in [0.4, 0.5) is 0 Å². The molecule has 1 N–H and O–H groups in total. The molecule has 4 heterocycles. The second-order valence-corrected chi connectivity index (χ2v) is 11.6. The lowest BCUT2D eigenvalue weighted by Crippen LogP contribution is -2.61. The van der Waals surface area contributed by atoms with Crippen LogP contribution in [0.3, 0.4) is 0 Å². The lowest BCUT2D eigenvalue weighted by molar-refractivity contribution is -0.133. The number of carbonyl (C=O) groups excluding carboxylic acids is 3. The van der Waals surface area contributed by atoms with Gasteiger partial charge >= 0.3 is 0 Å². The number of ether oxygens (including phenoxy) is 1. The highest BCUT2D eigenvalue weighted by Gasteiger charge is 2.45. The van der Waals surface area contributed by atoms with Gasteiger partial charge in [0.25, 0.3) is 5.91 Å². The molecule has 0 bridgehead atoms. The van der Waals surface area contributed by atoms with E-state index in [1.165, 1.54) is 6.08 Å². The van der Waals surface area contributed by atoms with Crippen LogP contribution >= 0.6 is 15.9 Å². The molecule has 6 rings (SSSR count). The number of carbonyl (C=O) groups is 3. The molecule has 8 nitrogen and oxygen atoms in total. The summed E-state index contributed by atoms with van der Waals surface area (Å²) in [7, 11) is 1.68. The van der Waals surface area contributed by atoms with Crippen molar-refractivity contribution in [2.75, 3.05) is 20.2 Å². The summed E-state index contributed by atoms with van der Waals surface area (Å²) in [6.07, 6.45) is 1.99.